The minimum Gasteiger partial charge on any atom is -0.371 e. The summed E-state index contributed by atoms with van der Waals surface area (Å²) in [7, 11) is 0. The number of aromatic nitrogens is 2. The smallest absolute Gasteiger partial charge is 0.315 e. The number of fused-ring (bicyclic) bond motifs is 1. The number of amides is 3. The zero-order valence-corrected chi connectivity index (χ0v) is 17.6. The molecule has 4 rings (SSSR count). The number of aromatic amines is 1. The predicted molar refractivity (Wildman–Crippen MR) is 120 cm³/mol. The molecule has 2 heterocycles. The van der Waals surface area contributed by atoms with Crippen LogP contribution in [0, 0.1) is 5.92 Å². The van der Waals surface area contributed by atoms with Crippen molar-refractivity contribution in [3.63, 3.8) is 0 Å². The van der Waals surface area contributed by atoms with Gasteiger partial charge in [-0.05, 0) is 49.6 Å². The number of carbonyl (C=O) groups excluding carboxylic acids is 2. The highest BCUT2D eigenvalue weighted by Crippen LogP contribution is 2.23. The van der Waals surface area contributed by atoms with E-state index in [4.69, 9.17) is 5.73 Å². The van der Waals surface area contributed by atoms with E-state index in [9.17, 15) is 9.59 Å². The lowest BCUT2D eigenvalue weighted by atomic mass is 9.97. The molecule has 0 spiro atoms. The van der Waals surface area contributed by atoms with Gasteiger partial charge in [0.1, 0.15) is 5.82 Å². The Morgan fingerprint density at radius 1 is 1.23 bits per heavy atom. The van der Waals surface area contributed by atoms with Gasteiger partial charge in [0, 0.05) is 25.3 Å². The number of primary amides is 1. The third-order valence-electron chi connectivity index (χ3n) is 5.74. The van der Waals surface area contributed by atoms with Crippen molar-refractivity contribution < 1.29 is 9.59 Å². The summed E-state index contributed by atoms with van der Waals surface area (Å²) in [5.74, 6) is 0.400. The van der Waals surface area contributed by atoms with Crippen molar-refractivity contribution in [2.45, 2.75) is 32.4 Å². The fourth-order valence-corrected chi connectivity index (χ4v) is 3.94. The molecule has 162 valence electrons. The van der Waals surface area contributed by atoms with Gasteiger partial charge < -0.3 is 26.3 Å². The third kappa shape index (κ3) is 4.96. The molecule has 1 fully saturated rings. The molecule has 5 N–H and O–H groups in total. The van der Waals surface area contributed by atoms with Crippen molar-refractivity contribution in [2.75, 3.05) is 18.0 Å². The first-order chi connectivity index (χ1) is 15.0. The van der Waals surface area contributed by atoms with E-state index < -0.39 is 0 Å². The summed E-state index contributed by atoms with van der Waals surface area (Å²) in [6.07, 6.45) is 1.82. The van der Waals surface area contributed by atoms with Crippen LogP contribution in [0.15, 0.2) is 48.5 Å². The van der Waals surface area contributed by atoms with Crippen LogP contribution < -0.4 is 21.3 Å². The van der Waals surface area contributed by atoms with E-state index in [-0.39, 0.29) is 23.9 Å². The first kappa shape index (κ1) is 20.7. The second-order valence-electron chi connectivity index (χ2n) is 8.04. The van der Waals surface area contributed by atoms with Gasteiger partial charge in [-0.2, -0.15) is 0 Å². The average Bonchev–Trinajstić information content (AvgIpc) is 3.23. The maximum absolute atomic E-state index is 12.3. The van der Waals surface area contributed by atoms with E-state index in [2.05, 4.69) is 25.5 Å². The number of hydrogen-bond donors (Lipinski definition) is 4. The van der Waals surface area contributed by atoms with Gasteiger partial charge in [-0.1, -0.05) is 24.3 Å². The van der Waals surface area contributed by atoms with Crippen molar-refractivity contribution >= 4 is 28.7 Å². The second-order valence-corrected chi connectivity index (χ2v) is 8.04. The van der Waals surface area contributed by atoms with Crippen LogP contribution in [-0.4, -0.2) is 35.0 Å². The van der Waals surface area contributed by atoms with Gasteiger partial charge in [0.05, 0.1) is 23.0 Å². The Hall–Kier alpha value is -3.55. The standard InChI is InChI=1S/C23H28N6O2/c1-15(22-27-19-6-2-3-7-20(19)28-22)26-23(31)25-13-16-8-10-18(11-9-16)29-12-4-5-17(14-29)21(24)30/h2-3,6-11,15,17H,4-5,12-14H2,1H3,(H2,24,30)(H,27,28)(H2,25,26,31). The van der Waals surface area contributed by atoms with Crippen LogP contribution in [0.25, 0.3) is 11.0 Å². The van der Waals surface area contributed by atoms with Crippen molar-refractivity contribution in [2.24, 2.45) is 11.7 Å². The van der Waals surface area contributed by atoms with Crippen LogP contribution in [-0.2, 0) is 11.3 Å². The lowest BCUT2D eigenvalue weighted by Crippen LogP contribution is -2.41. The molecule has 2 unspecified atom stereocenters. The Kier molecular flexibility index (Phi) is 6.06. The topological polar surface area (TPSA) is 116 Å². The van der Waals surface area contributed by atoms with Gasteiger partial charge >= 0.3 is 6.03 Å². The Bertz CT molecular complexity index is 1030. The predicted octanol–water partition coefficient (Wildman–Crippen LogP) is 2.83. The highest BCUT2D eigenvalue weighted by molar-refractivity contribution is 5.78. The van der Waals surface area contributed by atoms with E-state index in [1.807, 2.05) is 55.5 Å². The molecule has 2 atom stereocenters. The second kappa shape index (κ2) is 9.07. The van der Waals surface area contributed by atoms with Crippen molar-refractivity contribution in [1.82, 2.24) is 20.6 Å². The van der Waals surface area contributed by atoms with Gasteiger partial charge in [0.15, 0.2) is 0 Å². The largest absolute Gasteiger partial charge is 0.371 e. The average molecular weight is 421 g/mol. The molecular formula is C23H28N6O2. The normalized spacial score (nSPS) is 17.3. The molecule has 3 aromatic rings. The molecule has 0 radical (unpaired) electrons. The maximum atomic E-state index is 12.3. The number of rotatable bonds is 6. The summed E-state index contributed by atoms with van der Waals surface area (Å²) >= 11 is 0. The van der Waals surface area contributed by atoms with E-state index in [0.717, 1.165) is 47.5 Å². The Balaban J connectivity index is 1.28. The molecular weight excluding hydrogens is 392 g/mol. The quantitative estimate of drug-likeness (QED) is 0.491. The first-order valence-electron chi connectivity index (χ1n) is 10.6. The molecule has 3 amide bonds. The van der Waals surface area contributed by atoms with Gasteiger partial charge in [-0.3, -0.25) is 4.79 Å². The number of urea groups is 1. The number of nitrogens with one attached hydrogen (secondary N) is 3. The van der Waals surface area contributed by atoms with E-state index in [1.165, 1.54) is 0 Å². The summed E-state index contributed by atoms with van der Waals surface area (Å²) in [6, 6.07) is 15.3. The zero-order chi connectivity index (χ0) is 21.8. The maximum Gasteiger partial charge on any atom is 0.315 e. The summed E-state index contributed by atoms with van der Waals surface area (Å²) in [4.78, 5) is 33.8. The SMILES string of the molecule is CC(NC(=O)NCc1ccc(N2CCCC(C(N)=O)C2)cc1)c1nc2ccccc2[nH]1. The minimum absolute atomic E-state index is 0.0902. The highest BCUT2D eigenvalue weighted by atomic mass is 16.2. The molecule has 8 nitrogen and oxygen atoms in total. The van der Waals surface area contributed by atoms with Gasteiger partial charge in [-0.25, -0.2) is 9.78 Å². The molecule has 1 aliphatic heterocycles. The fraction of sp³-hybridized carbons (Fsp3) is 0.348. The lowest BCUT2D eigenvalue weighted by Gasteiger charge is -2.33. The molecule has 0 saturated carbocycles. The highest BCUT2D eigenvalue weighted by Gasteiger charge is 2.24. The van der Waals surface area contributed by atoms with E-state index >= 15 is 0 Å². The number of nitrogens with two attached hydrogens (primary N) is 1. The van der Waals surface area contributed by atoms with Crippen molar-refractivity contribution in [3.8, 4) is 0 Å². The van der Waals surface area contributed by atoms with Gasteiger partial charge in [0.2, 0.25) is 5.91 Å². The Labute approximate surface area is 181 Å². The number of anilines is 1. The monoisotopic (exact) mass is 420 g/mol. The molecule has 31 heavy (non-hydrogen) atoms. The van der Waals surface area contributed by atoms with Gasteiger partial charge in [0.25, 0.3) is 0 Å². The van der Waals surface area contributed by atoms with Crippen LogP contribution >= 0.6 is 0 Å². The van der Waals surface area contributed by atoms with Crippen molar-refractivity contribution in [1.29, 1.82) is 0 Å². The van der Waals surface area contributed by atoms with Crippen LogP contribution in [0.5, 0.6) is 0 Å². The molecule has 1 aromatic heterocycles. The third-order valence-corrected chi connectivity index (χ3v) is 5.74. The number of carbonyl (C=O) groups is 2. The van der Waals surface area contributed by atoms with Crippen molar-refractivity contribution in [3.05, 3.63) is 59.9 Å². The molecule has 1 saturated heterocycles. The number of imidazole rings is 1. The zero-order valence-electron chi connectivity index (χ0n) is 17.6. The molecule has 0 bridgehead atoms. The Morgan fingerprint density at radius 3 is 2.74 bits per heavy atom. The van der Waals surface area contributed by atoms with Crippen LogP contribution in [0.2, 0.25) is 0 Å². The lowest BCUT2D eigenvalue weighted by molar-refractivity contribution is -0.122. The number of benzene rings is 2. The summed E-state index contributed by atoms with van der Waals surface area (Å²) < 4.78 is 0. The minimum atomic E-state index is -0.252. The molecule has 8 heteroatoms. The number of para-hydroxylation sites is 2. The summed E-state index contributed by atoms with van der Waals surface area (Å²) in [5.41, 5.74) is 9.36. The number of H-pyrrole nitrogens is 1. The molecule has 1 aliphatic rings. The van der Waals surface area contributed by atoms with Gasteiger partial charge in [-0.15, -0.1) is 0 Å². The van der Waals surface area contributed by atoms with Crippen LogP contribution in [0.4, 0.5) is 10.5 Å². The number of hydrogen-bond acceptors (Lipinski definition) is 4. The number of nitrogens with zero attached hydrogens (tertiary/aromatic N) is 2. The van der Waals surface area contributed by atoms with E-state index in [0.29, 0.717) is 13.1 Å². The fourth-order valence-electron chi connectivity index (χ4n) is 3.94. The van der Waals surface area contributed by atoms with Crippen LogP contribution in [0.3, 0.4) is 0 Å². The Morgan fingerprint density at radius 2 is 2.00 bits per heavy atom. The summed E-state index contributed by atoms with van der Waals surface area (Å²) in [5, 5.41) is 5.80. The van der Waals surface area contributed by atoms with E-state index in [1.54, 1.807) is 0 Å². The number of piperidine rings is 1. The summed E-state index contributed by atoms with van der Waals surface area (Å²) in [6.45, 7) is 3.89. The molecule has 0 aliphatic carbocycles. The first-order valence-corrected chi connectivity index (χ1v) is 10.6. The molecule has 2 aromatic carbocycles. The van der Waals surface area contributed by atoms with Crippen LogP contribution in [0.1, 0.15) is 37.2 Å².